The van der Waals surface area contributed by atoms with Gasteiger partial charge in [0.15, 0.2) is 11.2 Å². The van der Waals surface area contributed by atoms with Gasteiger partial charge in [0.25, 0.3) is 5.56 Å². The number of benzene rings is 2. The van der Waals surface area contributed by atoms with E-state index in [1.807, 2.05) is 60.9 Å². The molecule has 0 saturated carbocycles. The fraction of sp³-hybridized carbons (Fsp3) is 0.261. The Balaban J connectivity index is 1.68. The smallest absolute Gasteiger partial charge is 0.310 e. The number of rotatable bonds is 3. The Morgan fingerprint density at radius 1 is 1.03 bits per heavy atom. The summed E-state index contributed by atoms with van der Waals surface area (Å²) < 4.78 is 5.73. The summed E-state index contributed by atoms with van der Waals surface area (Å²) >= 11 is 3.46. The molecule has 0 radical (unpaired) electrons. The van der Waals surface area contributed by atoms with Gasteiger partial charge >= 0.3 is 5.69 Å². The quantitative estimate of drug-likeness (QED) is 0.451. The van der Waals surface area contributed by atoms with Gasteiger partial charge in [0, 0.05) is 30.3 Å². The summed E-state index contributed by atoms with van der Waals surface area (Å²) in [7, 11) is 1.68. The van der Waals surface area contributed by atoms with Crippen molar-refractivity contribution < 1.29 is 0 Å². The van der Waals surface area contributed by atoms with Gasteiger partial charge in [-0.3, -0.25) is 13.9 Å². The summed E-state index contributed by atoms with van der Waals surface area (Å²) in [6.07, 6.45) is 0. The van der Waals surface area contributed by atoms with E-state index in [-0.39, 0.29) is 17.8 Å². The maximum absolute atomic E-state index is 13.5. The van der Waals surface area contributed by atoms with Gasteiger partial charge in [-0.1, -0.05) is 39.7 Å². The number of halogens is 1. The van der Waals surface area contributed by atoms with Crippen molar-refractivity contribution in [3.05, 3.63) is 84.5 Å². The molecule has 8 heteroatoms. The minimum absolute atomic E-state index is 0.242. The first-order valence-electron chi connectivity index (χ1n) is 10.1. The highest BCUT2D eigenvalue weighted by atomic mass is 79.9. The fourth-order valence-corrected chi connectivity index (χ4v) is 4.49. The molecule has 7 nitrogen and oxygen atoms in total. The Morgan fingerprint density at radius 3 is 2.52 bits per heavy atom. The van der Waals surface area contributed by atoms with Crippen molar-refractivity contribution in [3.8, 4) is 0 Å². The summed E-state index contributed by atoms with van der Waals surface area (Å²) in [4.78, 5) is 33.3. The molecule has 2 aromatic heterocycles. The monoisotopic (exact) mass is 479 g/mol. The van der Waals surface area contributed by atoms with Crippen LogP contribution in [0.3, 0.4) is 0 Å². The highest BCUT2D eigenvalue weighted by Crippen LogP contribution is 2.32. The van der Waals surface area contributed by atoms with E-state index in [0.29, 0.717) is 23.7 Å². The number of hydrogen-bond donors (Lipinski definition) is 0. The van der Waals surface area contributed by atoms with Gasteiger partial charge in [0.2, 0.25) is 5.95 Å². The zero-order valence-corrected chi connectivity index (χ0v) is 19.2. The minimum atomic E-state index is -0.356. The molecule has 0 fully saturated rings. The van der Waals surface area contributed by atoms with E-state index >= 15 is 0 Å². The molecular weight excluding hydrogens is 458 g/mol. The molecule has 158 valence electrons. The van der Waals surface area contributed by atoms with Gasteiger partial charge in [-0.15, -0.1) is 0 Å². The lowest BCUT2D eigenvalue weighted by Crippen LogP contribution is -2.40. The first kappa shape index (κ1) is 19.8. The number of aromatic nitrogens is 4. The third kappa shape index (κ3) is 3.13. The summed E-state index contributed by atoms with van der Waals surface area (Å²) in [5, 5.41) is 0. The van der Waals surface area contributed by atoms with Crippen LogP contribution in [0.25, 0.3) is 11.2 Å². The van der Waals surface area contributed by atoms with Gasteiger partial charge in [0.05, 0.1) is 6.54 Å². The molecule has 0 aliphatic carbocycles. The molecule has 0 amide bonds. The Morgan fingerprint density at radius 2 is 1.77 bits per heavy atom. The maximum Gasteiger partial charge on any atom is 0.332 e. The van der Waals surface area contributed by atoms with Crippen LogP contribution in [0.5, 0.6) is 0 Å². The predicted molar refractivity (Wildman–Crippen MR) is 125 cm³/mol. The van der Waals surface area contributed by atoms with Crippen LogP contribution in [-0.2, 0) is 20.1 Å². The number of nitrogens with zero attached hydrogens (tertiary/aromatic N) is 5. The highest BCUT2D eigenvalue weighted by Gasteiger charge is 2.28. The van der Waals surface area contributed by atoms with Crippen LogP contribution < -0.4 is 16.1 Å². The summed E-state index contributed by atoms with van der Waals surface area (Å²) in [5.74, 6) is 0.689. The SMILES string of the molecule is Cc1ccc(C)c(Cn2c(=O)c3c(nc4n3CCN4c3ccc(Br)cc3)n(C)c2=O)c1. The van der Waals surface area contributed by atoms with Crippen molar-refractivity contribution in [1.82, 2.24) is 18.7 Å². The molecule has 0 atom stereocenters. The molecule has 0 bridgehead atoms. The van der Waals surface area contributed by atoms with Gasteiger partial charge in [-0.25, -0.2) is 4.79 Å². The van der Waals surface area contributed by atoms with Crippen molar-refractivity contribution >= 4 is 38.7 Å². The van der Waals surface area contributed by atoms with Crippen LogP contribution in [-0.4, -0.2) is 25.2 Å². The third-order valence-corrected chi connectivity index (χ3v) is 6.50. The van der Waals surface area contributed by atoms with Crippen molar-refractivity contribution in [2.24, 2.45) is 7.05 Å². The molecule has 1 aliphatic heterocycles. The molecule has 0 unspecified atom stereocenters. The van der Waals surface area contributed by atoms with Crippen molar-refractivity contribution in [2.45, 2.75) is 26.9 Å². The van der Waals surface area contributed by atoms with Crippen LogP contribution in [0.1, 0.15) is 16.7 Å². The lowest BCUT2D eigenvalue weighted by Gasteiger charge is -2.15. The molecule has 0 N–H and O–H groups in total. The zero-order chi connectivity index (χ0) is 21.9. The molecule has 4 aromatic rings. The topological polar surface area (TPSA) is 65.1 Å². The second-order valence-electron chi connectivity index (χ2n) is 8.03. The average Bonchev–Trinajstić information content (AvgIpc) is 3.32. The van der Waals surface area contributed by atoms with Gasteiger partial charge < -0.3 is 9.47 Å². The van der Waals surface area contributed by atoms with E-state index in [1.165, 1.54) is 9.13 Å². The lowest BCUT2D eigenvalue weighted by atomic mass is 10.1. The first-order valence-corrected chi connectivity index (χ1v) is 10.9. The molecular formula is C23H22BrN5O2. The summed E-state index contributed by atoms with van der Waals surface area (Å²) in [6, 6.07) is 14.1. The Bertz CT molecular complexity index is 1450. The largest absolute Gasteiger partial charge is 0.332 e. The maximum atomic E-state index is 13.5. The van der Waals surface area contributed by atoms with E-state index in [9.17, 15) is 9.59 Å². The zero-order valence-electron chi connectivity index (χ0n) is 17.6. The van der Waals surface area contributed by atoms with Crippen molar-refractivity contribution in [3.63, 3.8) is 0 Å². The summed E-state index contributed by atoms with van der Waals surface area (Å²) in [6.45, 7) is 5.60. The molecule has 3 heterocycles. The molecule has 1 aliphatic rings. The van der Waals surface area contributed by atoms with Gasteiger partial charge in [-0.05, 0) is 49.2 Å². The molecule has 0 saturated heterocycles. The van der Waals surface area contributed by atoms with Gasteiger partial charge in [0.1, 0.15) is 0 Å². The Labute approximate surface area is 187 Å². The van der Waals surface area contributed by atoms with E-state index in [0.717, 1.165) is 33.4 Å². The van der Waals surface area contributed by atoms with Crippen LogP contribution in [0.2, 0.25) is 0 Å². The van der Waals surface area contributed by atoms with Crippen molar-refractivity contribution in [2.75, 3.05) is 11.4 Å². The molecule has 0 spiro atoms. The minimum Gasteiger partial charge on any atom is -0.310 e. The third-order valence-electron chi connectivity index (χ3n) is 5.97. The van der Waals surface area contributed by atoms with E-state index in [1.54, 1.807) is 7.05 Å². The Kier molecular flexibility index (Phi) is 4.62. The second-order valence-corrected chi connectivity index (χ2v) is 8.94. The predicted octanol–water partition coefficient (Wildman–Crippen LogP) is 3.48. The number of anilines is 2. The highest BCUT2D eigenvalue weighted by molar-refractivity contribution is 9.10. The average molecular weight is 480 g/mol. The number of fused-ring (bicyclic) bond motifs is 3. The fourth-order valence-electron chi connectivity index (χ4n) is 4.22. The van der Waals surface area contributed by atoms with E-state index < -0.39 is 0 Å². The number of imidazole rings is 1. The standard InChI is InChI=1S/C23H22BrN5O2/c1-14-4-5-15(2)16(12-14)13-29-21(30)19-20(26(3)23(29)31)25-22-27(10-11-28(19)22)18-8-6-17(24)7-9-18/h4-9,12H,10-11,13H2,1-3H3. The second kappa shape index (κ2) is 7.23. The van der Waals surface area contributed by atoms with Crippen LogP contribution >= 0.6 is 15.9 Å². The molecule has 5 rings (SSSR count). The van der Waals surface area contributed by atoms with Crippen molar-refractivity contribution in [1.29, 1.82) is 0 Å². The van der Waals surface area contributed by atoms with Crippen LogP contribution in [0.15, 0.2) is 56.5 Å². The van der Waals surface area contributed by atoms with Crippen LogP contribution in [0.4, 0.5) is 11.6 Å². The molecule has 2 aromatic carbocycles. The Hall–Kier alpha value is -3.13. The summed E-state index contributed by atoms with van der Waals surface area (Å²) in [5.41, 5.74) is 4.36. The van der Waals surface area contributed by atoms with Crippen LogP contribution in [0, 0.1) is 13.8 Å². The van der Waals surface area contributed by atoms with E-state index in [4.69, 9.17) is 4.98 Å². The first-order chi connectivity index (χ1) is 14.8. The molecule has 31 heavy (non-hydrogen) atoms. The van der Waals surface area contributed by atoms with Gasteiger partial charge in [-0.2, -0.15) is 4.98 Å². The van der Waals surface area contributed by atoms with E-state index in [2.05, 4.69) is 20.8 Å². The lowest BCUT2D eigenvalue weighted by molar-refractivity contribution is 0.650. The number of aryl methyl sites for hydroxylation is 3. The normalized spacial score (nSPS) is 13.2. The number of hydrogen-bond acceptors (Lipinski definition) is 4.